The molecule has 0 radical (unpaired) electrons. The van der Waals surface area contributed by atoms with E-state index in [9.17, 15) is 9.18 Å². The first-order chi connectivity index (χ1) is 14.2. The summed E-state index contributed by atoms with van der Waals surface area (Å²) in [4.78, 5) is 23.9. The van der Waals surface area contributed by atoms with Crippen LogP contribution in [0.4, 0.5) is 9.18 Å². The minimum absolute atomic E-state index is 0.0489. The van der Waals surface area contributed by atoms with Gasteiger partial charge in [-0.25, -0.2) is 19.2 Å². The Morgan fingerprint density at radius 2 is 2.07 bits per heavy atom. The fourth-order valence-corrected chi connectivity index (χ4v) is 4.52. The molecule has 0 atom stereocenters. The Morgan fingerprint density at radius 1 is 1.37 bits per heavy atom. The van der Waals surface area contributed by atoms with Gasteiger partial charge in [-0.1, -0.05) is 12.1 Å². The normalized spacial score (nSPS) is 27.3. The molecule has 1 aromatic carbocycles. The van der Waals surface area contributed by atoms with E-state index < -0.39 is 0 Å². The molecule has 2 amide bonds. The second kappa shape index (κ2) is 8.36. The molecule has 0 bridgehead atoms. The number of rotatable bonds is 4. The van der Waals surface area contributed by atoms with Crippen molar-refractivity contribution in [3.8, 4) is 6.07 Å². The zero-order chi connectivity index (χ0) is 21.9. The first-order valence-electron chi connectivity index (χ1n) is 9.90. The number of carbonyl (C=O) groups excluding carboxylic acids is 1. The largest absolute Gasteiger partial charge is 0.330 e. The highest BCUT2D eigenvalue weighted by molar-refractivity contribution is 5.99. The third-order valence-electron chi connectivity index (χ3n) is 6.38. The Balaban J connectivity index is 1.79. The molecule has 0 unspecified atom stereocenters. The molecule has 7 nitrogen and oxygen atoms in total. The van der Waals surface area contributed by atoms with Crippen LogP contribution in [0.2, 0.25) is 0 Å². The summed E-state index contributed by atoms with van der Waals surface area (Å²) in [5, 5.41) is 12.1. The number of hydrogen-bond acceptors (Lipinski definition) is 4. The number of amides is 2. The highest BCUT2D eigenvalue weighted by Gasteiger charge is 2.50. The maximum atomic E-state index is 13.9. The molecular weight excluding hydrogens is 383 g/mol. The number of nitrogens with zero attached hydrogens (tertiary/aromatic N) is 5. The van der Waals surface area contributed by atoms with Gasteiger partial charge in [0.1, 0.15) is 11.9 Å². The average molecular weight is 410 g/mol. The molecule has 1 aromatic rings. The van der Waals surface area contributed by atoms with E-state index in [4.69, 9.17) is 5.26 Å². The number of benzene rings is 1. The predicted molar refractivity (Wildman–Crippen MR) is 115 cm³/mol. The quantitative estimate of drug-likeness (QED) is 0.610. The molecule has 1 aliphatic heterocycles. The van der Waals surface area contributed by atoms with Gasteiger partial charge in [-0.2, -0.15) is 5.26 Å². The van der Waals surface area contributed by atoms with Crippen LogP contribution in [0.1, 0.15) is 38.2 Å². The maximum Gasteiger partial charge on any atom is 0.322 e. The van der Waals surface area contributed by atoms with E-state index in [-0.39, 0.29) is 28.8 Å². The van der Waals surface area contributed by atoms with Gasteiger partial charge in [0.05, 0.1) is 12.1 Å². The molecule has 2 fully saturated rings. The number of halogens is 1. The molecule has 1 saturated carbocycles. The summed E-state index contributed by atoms with van der Waals surface area (Å²) in [6, 6.07) is 8.46. The van der Waals surface area contributed by atoms with Crippen LogP contribution in [0.5, 0.6) is 0 Å². The van der Waals surface area contributed by atoms with Crippen molar-refractivity contribution in [2.24, 2.45) is 9.98 Å². The molecule has 8 heteroatoms. The van der Waals surface area contributed by atoms with Crippen LogP contribution < -0.4 is 5.32 Å². The summed E-state index contributed by atoms with van der Waals surface area (Å²) in [5.41, 5.74) is 1.00. The molecule has 1 N–H and O–H groups in total. The summed E-state index contributed by atoms with van der Waals surface area (Å²) in [5.74, 6) is -0.284. The van der Waals surface area contributed by atoms with Crippen LogP contribution in [-0.2, 0) is 5.54 Å². The van der Waals surface area contributed by atoms with E-state index in [1.54, 1.807) is 24.0 Å². The molecule has 158 valence electrons. The smallest absolute Gasteiger partial charge is 0.322 e. The van der Waals surface area contributed by atoms with Gasteiger partial charge in [-0.3, -0.25) is 9.80 Å². The van der Waals surface area contributed by atoms with E-state index >= 15 is 0 Å². The number of hydrogen-bond donors (Lipinski definition) is 1. The maximum absolute atomic E-state index is 13.9. The van der Waals surface area contributed by atoms with Crippen molar-refractivity contribution in [3.05, 3.63) is 47.5 Å². The van der Waals surface area contributed by atoms with Crippen molar-refractivity contribution in [3.63, 3.8) is 0 Å². The van der Waals surface area contributed by atoms with E-state index in [1.165, 1.54) is 12.3 Å². The minimum atomic E-state index is -0.336. The number of nitrogens with one attached hydrogen (secondary N) is 1. The van der Waals surface area contributed by atoms with Crippen molar-refractivity contribution < 1.29 is 9.18 Å². The van der Waals surface area contributed by atoms with Gasteiger partial charge in [0, 0.05) is 17.4 Å². The SMILES string of the molecule is C=NC(C#N)=N/C=C(\C)N1CC2(CCC(c3cccc(F)c3)(N(C)C)CC2)NC1=O. The van der Waals surface area contributed by atoms with Gasteiger partial charge in [0.25, 0.3) is 0 Å². The summed E-state index contributed by atoms with van der Waals surface area (Å²) in [6.07, 6.45) is 4.62. The van der Waals surface area contributed by atoms with Crippen molar-refractivity contribution in [1.29, 1.82) is 5.26 Å². The fourth-order valence-electron chi connectivity index (χ4n) is 4.52. The Kier molecular flexibility index (Phi) is 6.04. The Hall–Kier alpha value is -3.05. The Morgan fingerprint density at radius 3 is 2.63 bits per heavy atom. The van der Waals surface area contributed by atoms with E-state index in [0.717, 1.165) is 31.2 Å². The van der Waals surface area contributed by atoms with Crippen molar-refractivity contribution in [2.75, 3.05) is 20.6 Å². The lowest BCUT2D eigenvalue weighted by molar-refractivity contribution is 0.0626. The Bertz CT molecular complexity index is 937. The first-order valence-corrected chi connectivity index (χ1v) is 9.90. The second-order valence-electron chi connectivity index (χ2n) is 8.23. The second-order valence-corrected chi connectivity index (χ2v) is 8.23. The van der Waals surface area contributed by atoms with Crippen molar-refractivity contribution in [1.82, 2.24) is 15.1 Å². The summed E-state index contributed by atoms with van der Waals surface area (Å²) >= 11 is 0. The van der Waals surface area contributed by atoms with Gasteiger partial charge in [-0.15, -0.1) is 0 Å². The molecule has 3 rings (SSSR count). The lowest BCUT2D eigenvalue weighted by Crippen LogP contribution is -2.54. The number of carbonyl (C=O) groups is 1. The molecule has 1 aliphatic carbocycles. The molecule has 2 aliphatic rings. The van der Waals surface area contributed by atoms with Crippen LogP contribution in [0, 0.1) is 17.1 Å². The average Bonchev–Trinajstić information content (AvgIpc) is 3.05. The van der Waals surface area contributed by atoms with Gasteiger partial charge < -0.3 is 5.32 Å². The van der Waals surface area contributed by atoms with E-state index in [2.05, 4.69) is 26.9 Å². The fraction of sp³-hybridized carbons (Fsp3) is 0.455. The van der Waals surface area contributed by atoms with Crippen LogP contribution in [0.15, 0.2) is 46.1 Å². The monoisotopic (exact) mass is 410 g/mol. The molecule has 1 heterocycles. The molecule has 1 spiro atoms. The van der Waals surface area contributed by atoms with Crippen molar-refractivity contribution >= 4 is 18.6 Å². The summed E-state index contributed by atoms with van der Waals surface area (Å²) in [6.45, 7) is 5.60. The van der Waals surface area contributed by atoms with Gasteiger partial charge in [0.15, 0.2) is 0 Å². The number of amidine groups is 1. The van der Waals surface area contributed by atoms with E-state index in [1.807, 2.05) is 26.2 Å². The highest BCUT2D eigenvalue weighted by atomic mass is 19.1. The minimum Gasteiger partial charge on any atom is -0.330 e. The molecule has 1 saturated heterocycles. The third kappa shape index (κ3) is 3.98. The van der Waals surface area contributed by atoms with Crippen LogP contribution >= 0.6 is 0 Å². The van der Waals surface area contributed by atoms with Crippen LogP contribution in [-0.4, -0.2) is 54.6 Å². The standard InChI is InChI=1S/C22H27FN6O/c1-16(14-26-19(13-24)25-2)29-15-21(27-20(29)30)8-10-22(11-9-21,28(3)4)17-6-5-7-18(23)12-17/h5-7,12,14H,2,8-11,15H2,1,3-4H3,(H,27,30)/b16-14+,26-19?. The lowest BCUT2D eigenvalue weighted by atomic mass is 9.69. The van der Waals surface area contributed by atoms with Crippen LogP contribution in [0.3, 0.4) is 0 Å². The number of aliphatic imine (C=N–C) groups is 2. The van der Waals surface area contributed by atoms with Crippen molar-refractivity contribution in [2.45, 2.75) is 43.7 Å². The van der Waals surface area contributed by atoms with Gasteiger partial charge in [-0.05, 0) is 71.1 Å². The molecular formula is C22H27FN6O. The zero-order valence-corrected chi connectivity index (χ0v) is 17.7. The summed E-state index contributed by atoms with van der Waals surface area (Å²) in [7, 11) is 4.04. The summed E-state index contributed by atoms with van der Waals surface area (Å²) < 4.78 is 13.9. The number of urea groups is 1. The third-order valence-corrected chi connectivity index (χ3v) is 6.38. The van der Waals surface area contributed by atoms with E-state index in [0.29, 0.717) is 12.2 Å². The number of allylic oxidation sites excluding steroid dienone is 1. The molecule has 30 heavy (non-hydrogen) atoms. The lowest BCUT2D eigenvalue weighted by Gasteiger charge is -2.48. The number of nitriles is 1. The first kappa shape index (κ1) is 21.7. The molecule has 0 aromatic heterocycles. The van der Waals surface area contributed by atoms with Crippen LogP contribution in [0.25, 0.3) is 0 Å². The zero-order valence-electron chi connectivity index (χ0n) is 17.7. The topological polar surface area (TPSA) is 84.1 Å². The van der Waals surface area contributed by atoms with Gasteiger partial charge >= 0.3 is 6.03 Å². The predicted octanol–water partition coefficient (Wildman–Crippen LogP) is 3.40. The highest BCUT2D eigenvalue weighted by Crippen LogP contribution is 2.46. The Labute approximate surface area is 176 Å². The van der Waals surface area contributed by atoms with Gasteiger partial charge in [0.2, 0.25) is 5.84 Å².